The van der Waals surface area contributed by atoms with E-state index in [1.807, 2.05) is 0 Å². The molecule has 0 aromatic heterocycles. The zero-order valence-electron chi connectivity index (χ0n) is 13.2. The molecule has 1 aromatic rings. The van der Waals surface area contributed by atoms with Gasteiger partial charge in [-0.05, 0) is 18.2 Å². The van der Waals surface area contributed by atoms with Crippen molar-refractivity contribution in [2.45, 2.75) is 30.9 Å². The number of benzene rings is 1. The highest BCUT2D eigenvalue weighted by Crippen LogP contribution is 2.42. The molecule has 5 nitrogen and oxygen atoms in total. The highest BCUT2D eigenvalue weighted by molar-refractivity contribution is 5.30. The Balaban J connectivity index is 1.54. The minimum Gasteiger partial charge on any atom is -0.491 e. The first-order valence-electron chi connectivity index (χ1n) is 7.98. The number of hydrogen-bond donors (Lipinski definition) is 2. The van der Waals surface area contributed by atoms with Crippen molar-refractivity contribution in [2.24, 2.45) is 11.8 Å². The van der Waals surface area contributed by atoms with E-state index in [4.69, 9.17) is 14.5 Å². The van der Waals surface area contributed by atoms with Gasteiger partial charge in [0.05, 0.1) is 5.56 Å². The number of ether oxygens (including phenoxy) is 1. The fourth-order valence-corrected chi connectivity index (χ4v) is 3.20. The molecule has 1 aromatic carbocycles. The van der Waals surface area contributed by atoms with Crippen LogP contribution in [0, 0.1) is 11.8 Å². The normalized spacial score (nSPS) is 30.1. The molecule has 0 radical (unpaired) electrons. The highest BCUT2D eigenvalue weighted by Gasteiger charge is 2.49. The van der Waals surface area contributed by atoms with E-state index >= 15 is 0 Å². The van der Waals surface area contributed by atoms with E-state index in [-0.39, 0.29) is 43.0 Å². The van der Waals surface area contributed by atoms with E-state index in [0.717, 1.165) is 12.1 Å². The van der Waals surface area contributed by atoms with Crippen LogP contribution in [0.4, 0.5) is 13.2 Å². The Kier molecular flexibility index (Phi) is 5.33. The number of fused-ring (bicyclic) bond motifs is 2. The lowest BCUT2D eigenvalue weighted by atomic mass is 9.93. The molecule has 0 unspecified atom stereocenters. The van der Waals surface area contributed by atoms with Crippen LogP contribution >= 0.6 is 0 Å². The molecule has 2 bridgehead atoms. The molecule has 8 heteroatoms. The summed E-state index contributed by atoms with van der Waals surface area (Å²) in [6.45, 7) is -0.226. The molecule has 2 aliphatic rings. The van der Waals surface area contributed by atoms with E-state index in [0.29, 0.717) is 6.42 Å². The summed E-state index contributed by atoms with van der Waals surface area (Å²) in [5.41, 5.74) is -0.806. The molecular weight excluding hydrogens is 341 g/mol. The van der Waals surface area contributed by atoms with Gasteiger partial charge in [-0.3, -0.25) is 0 Å². The van der Waals surface area contributed by atoms with E-state index < -0.39 is 17.8 Å². The van der Waals surface area contributed by atoms with Crippen molar-refractivity contribution in [1.29, 1.82) is 0 Å². The van der Waals surface area contributed by atoms with Gasteiger partial charge in [-0.15, -0.1) is 0 Å². The van der Waals surface area contributed by atoms with Gasteiger partial charge in [-0.25, -0.2) is 9.78 Å². The molecule has 1 aliphatic carbocycles. The van der Waals surface area contributed by atoms with Crippen molar-refractivity contribution >= 4 is 0 Å². The number of rotatable bonds is 6. The predicted molar refractivity (Wildman–Crippen MR) is 80.5 cm³/mol. The topological polar surface area (TPSA) is 68.2 Å². The van der Waals surface area contributed by atoms with Gasteiger partial charge < -0.3 is 14.9 Å². The first kappa shape index (κ1) is 18.2. The summed E-state index contributed by atoms with van der Waals surface area (Å²) < 4.78 is 43.2. The third-order valence-electron chi connectivity index (χ3n) is 4.52. The monoisotopic (exact) mass is 360 g/mol. The standard InChI is InChI=1S/C17H19F3O5/c18-17(19,20)10-2-1-3-12(6-10)23-9-11(22)4-5-13-14(8-21)16-7-15(13)24-25-16/h1-6,11,13-16,21-22H,7-9H2/b5-4+/t11-,13-,14-,15-,16+/m1/s1. The van der Waals surface area contributed by atoms with Gasteiger partial charge >= 0.3 is 6.18 Å². The fourth-order valence-electron chi connectivity index (χ4n) is 3.20. The van der Waals surface area contributed by atoms with Gasteiger partial charge in [0.2, 0.25) is 0 Å². The maximum Gasteiger partial charge on any atom is 0.416 e. The molecule has 1 heterocycles. The van der Waals surface area contributed by atoms with Crippen LogP contribution in [0.5, 0.6) is 5.75 Å². The van der Waals surface area contributed by atoms with Gasteiger partial charge in [0, 0.05) is 24.9 Å². The summed E-state index contributed by atoms with van der Waals surface area (Å²) in [6.07, 6.45) is -1.80. The number of aliphatic hydroxyl groups is 2. The van der Waals surface area contributed by atoms with E-state index in [1.54, 1.807) is 6.08 Å². The second-order valence-electron chi connectivity index (χ2n) is 6.22. The Morgan fingerprint density at radius 3 is 2.76 bits per heavy atom. The summed E-state index contributed by atoms with van der Waals surface area (Å²) in [5.74, 6) is -0.134. The second kappa shape index (κ2) is 7.33. The molecule has 0 amide bonds. The lowest BCUT2D eigenvalue weighted by Crippen LogP contribution is -2.31. The van der Waals surface area contributed by atoms with Gasteiger partial charge in [0.15, 0.2) is 0 Å². The molecule has 138 valence electrons. The zero-order valence-corrected chi connectivity index (χ0v) is 13.2. The Hall–Kier alpha value is -1.61. The number of alkyl halides is 3. The maximum atomic E-state index is 12.6. The molecule has 25 heavy (non-hydrogen) atoms. The molecule has 1 saturated carbocycles. The van der Waals surface area contributed by atoms with E-state index in [9.17, 15) is 23.4 Å². The summed E-state index contributed by atoms with van der Waals surface area (Å²) >= 11 is 0. The van der Waals surface area contributed by atoms with Crippen molar-refractivity contribution in [3.8, 4) is 5.75 Å². The number of halogens is 3. The van der Waals surface area contributed by atoms with Gasteiger partial charge in [-0.1, -0.05) is 18.2 Å². The van der Waals surface area contributed by atoms with Crippen LogP contribution in [0.2, 0.25) is 0 Å². The van der Waals surface area contributed by atoms with Crippen molar-refractivity contribution in [3.05, 3.63) is 42.0 Å². The Labute approximate surface area is 142 Å². The van der Waals surface area contributed by atoms with Crippen LogP contribution in [-0.4, -0.2) is 41.7 Å². The molecule has 0 spiro atoms. The molecule has 3 rings (SSSR count). The van der Waals surface area contributed by atoms with Crippen LogP contribution in [0.1, 0.15) is 12.0 Å². The van der Waals surface area contributed by atoms with Crippen molar-refractivity contribution < 1.29 is 37.9 Å². The zero-order chi connectivity index (χ0) is 18.0. The number of hydrogen-bond acceptors (Lipinski definition) is 5. The molecular formula is C17H19F3O5. The van der Waals surface area contributed by atoms with E-state index in [2.05, 4.69) is 0 Å². The predicted octanol–water partition coefficient (Wildman–Crippen LogP) is 2.33. The van der Waals surface area contributed by atoms with Gasteiger partial charge in [0.25, 0.3) is 0 Å². The average Bonchev–Trinajstić information content (AvgIpc) is 3.18. The molecule has 5 atom stereocenters. The maximum absolute atomic E-state index is 12.6. The average molecular weight is 360 g/mol. The largest absolute Gasteiger partial charge is 0.491 e. The third-order valence-corrected chi connectivity index (χ3v) is 4.52. The van der Waals surface area contributed by atoms with Gasteiger partial charge in [-0.2, -0.15) is 13.2 Å². The first-order valence-corrected chi connectivity index (χ1v) is 7.98. The second-order valence-corrected chi connectivity index (χ2v) is 6.22. The Morgan fingerprint density at radius 2 is 2.04 bits per heavy atom. The number of aliphatic hydroxyl groups excluding tert-OH is 2. The smallest absolute Gasteiger partial charge is 0.416 e. The van der Waals surface area contributed by atoms with Crippen LogP contribution < -0.4 is 4.74 Å². The van der Waals surface area contributed by atoms with Gasteiger partial charge in [0.1, 0.15) is 30.7 Å². The minimum atomic E-state index is -4.44. The first-order chi connectivity index (χ1) is 11.9. The van der Waals surface area contributed by atoms with Crippen LogP contribution in [0.3, 0.4) is 0 Å². The summed E-state index contributed by atoms with van der Waals surface area (Å²) in [5, 5.41) is 19.4. The molecule has 1 saturated heterocycles. The lowest BCUT2D eigenvalue weighted by Gasteiger charge is -2.26. The summed E-state index contributed by atoms with van der Waals surface area (Å²) in [7, 11) is 0. The van der Waals surface area contributed by atoms with Crippen molar-refractivity contribution in [3.63, 3.8) is 0 Å². The molecule has 2 fully saturated rings. The summed E-state index contributed by atoms with van der Waals surface area (Å²) in [4.78, 5) is 10.2. The van der Waals surface area contributed by atoms with Crippen LogP contribution in [0.25, 0.3) is 0 Å². The third kappa shape index (κ3) is 4.14. The quantitative estimate of drug-likeness (QED) is 0.602. The minimum absolute atomic E-state index is 0.0344. The highest BCUT2D eigenvalue weighted by atomic mass is 19.4. The Morgan fingerprint density at radius 1 is 1.28 bits per heavy atom. The SMILES string of the molecule is OC[C@@H]1[C@@H](/C=C/[C@@H](O)COc2cccc(C(F)(F)F)c2)[C@H]2C[C@@H]1OO2. The van der Waals surface area contributed by atoms with Crippen molar-refractivity contribution in [2.75, 3.05) is 13.2 Å². The Bertz CT molecular complexity index is 619. The molecule has 1 aliphatic heterocycles. The molecule has 2 N–H and O–H groups in total. The van der Waals surface area contributed by atoms with E-state index in [1.165, 1.54) is 18.2 Å². The summed E-state index contributed by atoms with van der Waals surface area (Å²) in [6, 6.07) is 4.49. The van der Waals surface area contributed by atoms with Crippen LogP contribution in [-0.2, 0) is 16.0 Å². The fraction of sp³-hybridized carbons (Fsp3) is 0.529. The van der Waals surface area contributed by atoms with Crippen LogP contribution in [0.15, 0.2) is 36.4 Å². The van der Waals surface area contributed by atoms with Crippen molar-refractivity contribution in [1.82, 2.24) is 0 Å². The lowest BCUT2D eigenvalue weighted by molar-refractivity contribution is -0.338.